The molecule has 9 nitrogen and oxygen atoms in total. The number of amides is 2. The van der Waals surface area contributed by atoms with Crippen molar-refractivity contribution in [2.45, 2.75) is 50.6 Å². The lowest BCUT2D eigenvalue weighted by atomic mass is 9.92. The van der Waals surface area contributed by atoms with E-state index in [0.29, 0.717) is 32.7 Å². The second-order valence-corrected chi connectivity index (χ2v) is 11.3. The van der Waals surface area contributed by atoms with Gasteiger partial charge < -0.3 is 15.0 Å². The summed E-state index contributed by atoms with van der Waals surface area (Å²) in [6.07, 6.45) is 5.94. The summed E-state index contributed by atoms with van der Waals surface area (Å²) in [6, 6.07) is 0.00863. The number of carbonyl (C=O) groups excluding carboxylic acids is 2. The molecule has 0 aromatic heterocycles. The quantitative estimate of drug-likeness (QED) is 0.474. The van der Waals surface area contributed by atoms with E-state index in [2.05, 4.69) is 15.1 Å². The highest BCUT2D eigenvalue weighted by Crippen LogP contribution is 2.28. The Morgan fingerprint density at radius 1 is 0.968 bits per heavy atom. The van der Waals surface area contributed by atoms with E-state index in [9.17, 15) is 18.0 Å². The van der Waals surface area contributed by atoms with Crippen molar-refractivity contribution in [1.29, 1.82) is 0 Å². The van der Waals surface area contributed by atoms with Crippen molar-refractivity contribution in [3.8, 4) is 0 Å². The Morgan fingerprint density at radius 3 is 2.19 bits per heavy atom. The molecule has 0 aromatic rings. The molecule has 2 aliphatic heterocycles. The number of nitrogens with one attached hydrogen (secondary N) is 1. The predicted octanol–water partition coefficient (Wildman–Crippen LogP) is -0.285. The van der Waals surface area contributed by atoms with Crippen LogP contribution in [0.3, 0.4) is 0 Å². The summed E-state index contributed by atoms with van der Waals surface area (Å²) in [5.74, 6) is 0.368. The van der Waals surface area contributed by atoms with E-state index < -0.39 is 9.84 Å². The third-order valence-corrected chi connectivity index (χ3v) is 8.43. The molecule has 1 atom stereocenters. The maximum atomic E-state index is 13.3. The summed E-state index contributed by atoms with van der Waals surface area (Å²) in [4.78, 5) is 31.5. The second kappa shape index (κ2) is 11.6. The fourth-order valence-electron chi connectivity index (χ4n) is 4.99. The highest BCUT2D eigenvalue weighted by atomic mass is 32.2. The number of nitrogens with zero attached hydrogens (tertiary/aromatic N) is 3. The van der Waals surface area contributed by atoms with Crippen molar-refractivity contribution >= 4 is 21.7 Å². The maximum absolute atomic E-state index is 13.3. The van der Waals surface area contributed by atoms with Gasteiger partial charge in [0, 0.05) is 51.9 Å². The van der Waals surface area contributed by atoms with Crippen molar-refractivity contribution < 1.29 is 22.7 Å². The van der Waals surface area contributed by atoms with Crippen molar-refractivity contribution in [2.24, 2.45) is 0 Å². The van der Waals surface area contributed by atoms with E-state index in [0.717, 1.165) is 51.9 Å². The van der Waals surface area contributed by atoms with Gasteiger partial charge in [0.2, 0.25) is 11.8 Å². The number of hydrogen-bond acceptors (Lipinski definition) is 7. The van der Waals surface area contributed by atoms with Gasteiger partial charge in [0.1, 0.15) is 0 Å². The summed E-state index contributed by atoms with van der Waals surface area (Å²) >= 11 is 0. The molecular weight excluding hydrogens is 420 g/mol. The Bertz CT molecular complexity index is 703. The molecule has 3 aliphatic rings. The molecule has 0 bridgehead atoms. The van der Waals surface area contributed by atoms with Gasteiger partial charge in [-0.3, -0.25) is 19.4 Å². The number of sulfone groups is 1. The van der Waals surface area contributed by atoms with Gasteiger partial charge >= 0.3 is 0 Å². The van der Waals surface area contributed by atoms with E-state index in [1.165, 1.54) is 6.42 Å². The van der Waals surface area contributed by atoms with Gasteiger partial charge in [0.25, 0.3) is 0 Å². The highest BCUT2D eigenvalue weighted by Gasteiger charge is 2.39. The maximum Gasteiger partial charge on any atom is 0.237 e. The van der Waals surface area contributed by atoms with Gasteiger partial charge in [-0.05, 0) is 19.3 Å². The van der Waals surface area contributed by atoms with E-state index in [-0.39, 0.29) is 35.4 Å². The van der Waals surface area contributed by atoms with Crippen molar-refractivity contribution in [3.63, 3.8) is 0 Å². The van der Waals surface area contributed by atoms with Gasteiger partial charge in [-0.25, -0.2) is 8.42 Å². The number of carbonyl (C=O) groups is 2. The fraction of sp³-hybridized carbons (Fsp3) is 0.905. The predicted molar refractivity (Wildman–Crippen MR) is 119 cm³/mol. The fourth-order valence-corrected chi connectivity index (χ4v) is 6.70. The number of piperazine rings is 1. The number of methoxy groups -OCH3 is 1. The molecule has 1 N–H and O–H groups in total. The van der Waals surface area contributed by atoms with Crippen molar-refractivity contribution in [1.82, 2.24) is 20.0 Å². The molecule has 1 unspecified atom stereocenters. The molecule has 2 amide bonds. The van der Waals surface area contributed by atoms with Crippen LogP contribution in [0.2, 0.25) is 0 Å². The van der Waals surface area contributed by atoms with E-state index in [1.807, 2.05) is 4.90 Å². The first-order valence-electron chi connectivity index (χ1n) is 11.6. The molecular formula is C21H38N4O5S. The van der Waals surface area contributed by atoms with Crippen molar-refractivity contribution in [3.05, 3.63) is 0 Å². The van der Waals surface area contributed by atoms with Crippen LogP contribution in [0.1, 0.15) is 38.5 Å². The Hall–Kier alpha value is -1.23. The van der Waals surface area contributed by atoms with Crippen LogP contribution in [0.15, 0.2) is 0 Å². The van der Waals surface area contributed by atoms with Crippen LogP contribution in [0.5, 0.6) is 0 Å². The molecule has 3 rings (SSSR count). The molecule has 2 heterocycles. The average molecular weight is 459 g/mol. The normalized spacial score (nSPS) is 25.4. The Balaban J connectivity index is 1.50. The van der Waals surface area contributed by atoms with Crippen LogP contribution < -0.4 is 5.32 Å². The Kier molecular flexibility index (Phi) is 9.12. The first-order chi connectivity index (χ1) is 14.9. The van der Waals surface area contributed by atoms with E-state index in [1.54, 1.807) is 7.11 Å². The zero-order valence-corrected chi connectivity index (χ0v) is 19.6. The van der Waals surface area contributed by atoms with Crippen LogP contribution in [-0.2, 0) is 24.2 Å². The van der Waals surface area contributed by atoms with Gasteiger partial charge in [0.15, 0.2) is 9.84 Å². The summed E-state index contributed by atoms with van der Waals surface area (Å²) in [5, 5.41) is 2.83. The molecule has 178 valence electrons. The van der Waals surface area contributed by atoms with Gasteiger partial charge in [-0.2, -0.15) is 0 Å². The number of rotatable bonds is 9. The number of ether oxygens (including phenoxy) is 1. The highest BCUT2D eigenvalue weighted by molar-refractivity contribution is 7.91. The molecule has 0 radical (unpaired) electrons. The molecule has 0 aromatic carbocycles. The topological polar surface area (TPSA) is 99.3 Å². The summed E-state index contributed by atoms with van der Waals surface area (Å²) in [6.45, 7) is 4.66. The molecule has 2 saturated heterocycles. The molecule has 31 heavy (non-hydrogen) atoms. The zero-order valence-electron chi connectivity index (χ0n) is 18.8. The molecule has 1 aliphatic carbocycles. The molecule has 0 spiro atoms. The van der Waals surface area contributed by atoms with Crippen LogP contribution in [0.25, 0.3) is 0 Å². The van der Waals surface area contributed by atoms with Gasteiger partial charge in [-0.15, -0.1) is 0 Å². The first-order valence-corrected chi connectivity index (χ1v) is 13.4. The first kappa shape index (κ1) is 24.4. The number of hydrogen-bond donors (Lipinski definition) is 1. The minimum Gasteiger partial charge on any atom is -0.383 e. The largest absolute Gasteiger partial charge is 0.383 e. The van der Waals surface area contributed by atoms with Gasteiger partial charge in [0.05, 0.1) is 31.2 Å². The van der Waals surface area contributed by atoms with Crippen LogP contribution in [-0.4, -0.2) is 118 Å². The minimum absolute atomic E-state index is 0.00695. The Morgan fingerprint density at radius 2 is 1.61 bits per heavy atom. The monoisotopic (exact) mass is 458 g/mol. The van der Waals surface area contributed by atoms with E-state index in [4.69, 9.17) is 4.74 Å². The van der Waals surface area contributed by atoms with Crippen LogP contribution in [0.4, 0.5) is 0 Å². The van der Waals surface area contributed by atoms with Crippen LogP contribution in [0, 0.1) is 0 Å². The molecule has 10 heteroatoms. The zero-order chi connectivity index (χ0) is 22.3. The van der Waals surface area contributed by atoms with Crippen LogP contribution >= 0.6 is 0 Å². The summed E-state index contributed by atoms with van der Waals surface area (Å²) < 4.78 is 29.0. The van der Waals surface area contributed by atoms with Crippen molar-refractivity contribution in [2.75, 3.05) is 71.0 Å². The Labute approximate surface area is 186 Å². The second-order valence-electron chi connectivity index (χ2n) is 9.04. The average Bonchev–Trinajstić information content (AvgIpc) is 3.10. The third kappa shape index (κ3) is 7.40. The third-order valence-electron chi connectivity index (χ3n) is 6.68. The van der Waals surface area contributed by atoms with E-state index >= 15 is 0 Å². The molecule has 1 saturated carbocycles. The van der Waals surface area contributed by atoms with Gasteiger partial charge in [-0.1, -0.05) is 19.3 Å². The summed E-state index contributed by atoms with van der Waals surface area (Å²) in [7, 11) is -1.43. The smallest absolute Gasteiger partial charge is 0.237 e. The summed E-state index contributed by atoms with van der Waals surface area (Å²) in [5.41, 5.74) is 0. The SMILES string of the molecule is COCCNC(=O)CN1CCN(CC(=O)N(C2CCCCC2)C2CCS(=O)(=O)C2)CC1. The lowest BCUT2D eigenvalue weighted by Gasteiger charge is -2.40. The lowest BCUT2D eigenvalue weighted by molar-refractivity contribution is -0.138. The lowest BCUT2D eigenvalue weighted by Crippen LogP contribution is -2.55. The molecule has 3 fully saturated rings. The minimum atomic E-state index is -3.03. The standard InChI is InChI=1S/C21H38N4O5S/c1-30-13-8-22-20(26)15-23-9-11-24(12-10-23)16-21(27)25(18-5-3-2-4-6-18)19-7-14-31(28,29)17-19/h18-19H,2-17H2,1H3,(H,22,26).